The van der Waals surface area contributed by atoms with Gasteiger partial charge < -0.3 is 14.6 Å². The second-order valence-corrected chi connectivity index (χ2v) is 9.70. The molecule has 0 saturated carbocycles. The summed E-state index contributed by atoms with van der Waals surface area (Å²) in [5, 5.41) is 3.29. The number of halogens is 1. The zero-order valence-electron chi connectivity index (χ0n) is 16.6. The van der Waals surface area contributed by atoms with Gasteiger partial charge in [-0.15, -0.1) is 3.89 Å². The summed E-state index contributed by atoms with van der Waals surface area (Å²) in [4.78, 5) is 1.88. The summed E-state index contributed by atoms with van der Waals surface area (Å²) >= 11 is 0. The van der Waals surface area contributed by atoms with E-state index >= 15 is 0 Å². The smallest absolute Gasteiger partial charge is 0.399 e. The summed E-state index contributed by atoms with van der Waals surface area (Å²) in [6.07, 6.45) is 0. The first-order chi connectivity index (χ1) is 12.4. The Morgan fingerprint density at radius 2 is 1.70 bits per heavy atom. The number of rotatable bonds is 4. The van der Waals surface area contributed by atoms with Crippen LogP contribution in [0.1, 0.15) is 38.8 Å². The summed E-state index contributed by atoms with van der Waals surface area (Å²) in [5.41, 5.74) is 1.10. The Kier molecular flexibility index (Phi) is 5.46. The molecule has 0 bridgehead atoms. The van der Waals surface area contributed by atoms with E-state index in [1.165, 1.54) is 12.1 Å². The minimum absolute atomic E-state index is 0.344. The number of hydrogen-bond acceptors (Lipinski definition) is 6. The molecule has 2 saturated heterocycles. The minimum atomic E-state index is -4.83. The molecule has 3 rings (SSSR count). The predicted molar refractivity (Wildman–Crippen MR) is 103 cm³/mol. The molecule has 2 heterocycles. The van der Waals surface area contributed by atoms with Crippen molar-refractivity contribution in [3.8, 4) is 0 Å². The Bertz CT molecular complexity index is 807. The zero-order valence-corrected chi connectivity index (χ0v) is 17.5. The topological polar surface area (TPSA) is 67.9 Å². The lowest BCUT2D eigenvalue weighted by molar-refractivity contribution is 0.00578. The third kappa shape index (κ3) is 4.22. The third-order valence-corrected chi connectivity index (χ3v) is 6.72. The van der Waals surface area contributed by atoms with Crippen molar-refractivity contribution in [3.63, 3.8) is 0 Å². The number of nitrogens with one attached hydrogen (secondary N) is 1. The summed E-state index contributed by atoms with van der Waals surface area (Å²) in [7, 11) is -5.57. The van der Waals surface area contributed by atoms with Crippen LogP contribution in [0.25, 0.3) is 0 Å². The predicted octanol–water partition coefficient (Wildman–Crippen LogP) is 1.36. The lowest BCUT2D eigenvalue weighted by Gasteiger charge is -2.32. The molecule has 1 aromatic carbocycles. The standard InChI is InChI=1S/C18H28BFN2O4S/c1-13-14(12-22-8-6-21-7-9-22)10-15(27(20,23)24)11-16(13)19-25-17(2,3)18(4,5)26-19/h10-11,21H,6-9,12H2,1-5H3. The van der Waals surface area contributed by atoms with Gasteiger partial charge in [-0.1, -0.05) is 0 Å². The number of benzene rings is 1. The Morgan fingerprint density at radius 1 is 1.15 bits per heavy atom. The fourth-order valence-corrected chi connectivity index (χ4v) is 3.95. The lowest BCUT2D eigenvalue weighted by Crippen LogP contribution is -2.43. The highest BCUT2D eigenvalue weighted by Crippen LogP contribution is 2.37. The van der Waals surface area contributed by atoms with Crippen LogP contribution in [0.15, 0.2) is 17.0 Å². The van der Waals surface area contributed by atoms with Crippen LogP contribution in [0.3, 0.4) is 0 Å². The molecule has 0 radical (unpaired) electrons. The second kappa shape index (κ2) is 7.11. The highest BCUT2D eigenvalue weighted by Gasteiger charge is 2.52. The highest BCUT2D eigenvalue weighted by molar-refractivity contribution is 7.86. The molecule has 0 atom stereocenters. The van der Waals surface area contributed by atoms with Crippen molar-refractivity contribution in [1.82, 2.24) is 10.2 Å². The summed E-state index contributed by atoms with van der Waals surface area (Å²) in [6.45, 7) is 13.7. The average Bonchev–Trinajstić information content (AvgIpc) is 2.77. The van der Waals surface area contributed by atoms with Crippen molar-refractivity contribution < 1.29 is 21.6 Å². The average molecular weight is 398 g/mol. The van der Waals surface area contributed by atoms with E-state index in [9.17, 15) is 12.3 Å². The normalized spacial score (nSPS) is 23.0. The van der Waals surface area contributed by atoms with Crippen molar-refractivity contribution in [3.05, 3.63) is 23.3 Å². The van der Waals surface area contributed by atoms with Crippen LogP contribution < -0.4 is 10.8 Å². The molecule has 0 amide bonds. The van der Waals surface area contributed by atoms with E-state index < -0.39 is 28.5 Å². The van der Waals surface area contributed by atoms with Crippen molar-refractivity contribution in [2.45, 2.75) is 57.3 Å². The fraction of sp³-hybridized carbons (Fsp3) is 0.667. The van der Waals surface area contributed by atoms with Gasteiger partial charge in [0.1, 0.15) is 0 Å². The van der Waals surface area contributed by atoms with E-state index in [-0.39, 0.29) is 4.90 Å². The first-order valence-corrected chi connectivity index (χ1v) is 10.7. The van der Waals surface area contributed by atoms with E-state index in [1.807, 2.05) is 34.6 Å². The van der Waals surface area contributed by atoms with Gasteiger partial charge in [0.25, 0.3) is 0 Å². The molecule has 1 N–H and O–H groups in total. The molecule has 0 spiro atoms. The minimum Gasteiger partial charge on any atom is -0.399 e. The Balaban J connectivity index is 2.01. The molecule has 1 aromatic rings. The van der Waals surface area contributed by atoms with Gasteiger partial charge in [-0.3, -0.25) is 4.90 Å². The molecule has 150 valence electrons. The molecule has 2 aliphatic heterocycles. The van der Waals surface area contributed by atoms with Crippen LogP contribution >= 0.6 is 0 Å². The molecule has 27 heavy (non-hydrogen) atoms. The fourth-order valence-electron chi connectivity index (χ4n) is 3.40. The van der Waals surface area contributed by atoms with E-state index in [2.05, 4.69) is 10.2 Å². The molecule has 0 unspecified atom stereocenters. The van der Waals surface area contributed by atoms with Crippen molar-refractivity contribution in [2.75, 3.05) is 26.2 Å². The summed E-state index contributed by atoms with van der Waals surface area (Å²) in [5.74, 6) is 0. The van der Waals surface area contributed by atoms with Crippen LogP contribution in [0.5, 0.6) is 0 Å². The number of hydrogen-bond donors (Lipinski definition) is 1. The summed E-state index contributed by atoms with van der Waals surface area (Å²) < 4.78 is 49.3. The SMILES string of the molecule is Cc1c(CN2CCNCC2)cc(S(=O)(=O)F)cc1B1OC(C)(C)C(C)(C)O1. The van der Waals surface area contributed by atoms with Gasteiger partial charge in [0.05, 0.1) is 16.1 Å². The quantitative estimate of drug-likeness (QED) is 0.610. The van der Waals surface area contributed by atoms with Crippen molar-refractivity contribution in [2.24, 2.45) is 0 Å². The number of nitrogens with zero attached hydrogens (tertiary/aromatic N) is 1. The first-order valence-electron chi connectivity index (χ1n) is 9.27. The van der Waals surface area contributed by atoms with E-state index in [1.54, 1.807) is 0 Å². The van der Waals surface area contributed by atoms with Crippen LogP contribution in [-0.2, 0) is 26.1 Å². The Labute approximate surface area is 161 Å². The lowest BCUT2D eigenvalue weighted by atomic mass is 9.75. The maximum atomic E-state index is 13.8. The zero-order chi connectivity index (χ0) is 20.0. The molecular weight excluding hydrogens is 370 g/mol. The largest absolute Gasteiger partial charge is 0.495 e. The van der Waals surface area contributed by atoms with Crippen LogP contribution in [-0.4, -0.2) is 57.8 Å². The first kappa shape index (κ1) is 20.7. The van der Waals surface area contributed by atoms with Gasteiger partial charge in [0, 0.05) is 32.7 Å². The van der Waals surface area contributed by atoms with E-state index in [4.69, 9.17) is 9.31 Å². The van der Waals surface area contributed by atoms with Gasteiger partial charge in [-0.2, -0.15) is 8.42 Å². The van der Waals surface area contributed by atoms with Crippen molar-refractivity contribution in [1.29, 1.82) is 0 Å². The van der Waals surface area contributed by atoms with Gasteiger partial charge in [-0.25, -0.2) is 0 Å². The molecule has 2 aliphatic rings. The van der Waals surface area contributed by atoms with Gasteiger partial charge >= 0.3 is 17.3 Å². The van der Waals surface area contributed by atoms with E-state index in [0.29, 0.717) is 12.0 Å². The number of piperazine rings is 1. The monoisotopic (exact) mass is 398 g/mol. The summed E-state index contributed by atoms with van der Waals surface area (Å²) in [6, 6.07) is 2.77. The molecule has 9 heteroatoms. The van der Waals surface area contributed by atoms with Crippen LogP contribution in [0.2, 0.25) is 0 Å². The van der Waals surface area contributed by atoms with Crippen LogP contribution in [0, 0.1) is 6.92 Å². The molecule has 0 aliphatic carbocycles. The molecule has 6 nitrogen and oxygen atoms in total. The van der Waals surface area contributed by atoms with Gasteiger partial charge in [0.15, 0.2) is 0 Å². The molecular formula is C18H28BFN2O4S. The Hall–Kier alpha value is -0.995. The van der Waals surface area contributed by atoms with Crippen LogP contribution in [0.4, 0.5) is 3.89 Å². The second-order valence-electron chi connectivity index (χ2n) is 8.35. The van der Waals surface area contributed by atoms with Crippen molar-refractivity contribution >= 4 is 22.8 Å². The highest BCUT2D eigenvalue weighted by atomic mass is 32.3. The maximum Gasteiger partial charge on any atom is 0.495 e. The van der Waals surface area contributed by atoms with Gasteiger partial charge in [0.2, 0.25) is 0 Å². The third-order valence-electron chi connectivity index (χ3n) is 5.92. The Morgan fingerprint density at radius 3 is 2.22 bits per heavy atom. The molecule has 2 fully saturated rings. The van der Waals surface area contributed by atoms with E-state index in [0.717, 1.165) is 37.3 Å². The van der Waals surface area contributed by atoms with Gasteiger partial charge in [-0.05, 0) is 63.3 Å². The molecule has 0 aromatic heterocycles. The maximum absolute atomic E-state index is 13.8.